The van der Waals surface area contributed by atoms with E-state index < -0.39 is 18.0 Å². The van der Waals surface area contributed by atoms with E-state index in [-0.39, 0.29) is 11.3 Å². The molecule has 2 N–H and O–H groups in total. The molecule has 0 aliphatic rings. The predicted molar refractivity (Wildman–Crippen MR) is 100 cm³/mol. The number of hydrogen-bond acceptors (Lipinski definition) is 4. The van der Waals surface area contributed by atoms with Crippen LogP contribution in [0.4, 0.5) is 5.69 Å². The normalized spacial score (nSPS) is 11.8. The second-order valence-corrected chi connectivity index (χ2v) is 6.12. The number of aromatic hydroxyl groups is 1. The van der Waals surface area contributed by atoms with Crippen LogP contribution in [0.5, 0.6) is 5.75 Å². The molecule has 5 nitrogen and oxygen atoms in total. The summed E-state index contributed by atoms with van der Waals surface area (Å²) in [5.41, 5.74) is 1.73. The first-order valence-corrected chi connectivity index (χ1v) is 8.24. The van der Waals surface area contributed by atoms with Crippen molar-refractivity contribution in [1.82, 2.24) is 0 Å². The van der Waals surface area contributed by atoms with E-state index in [1.54, 1.807) is 18.2 Å². The lowest BCUT2D eigenvalue weighted by molar-refractivity contribution is -0.123. The molecule has 26 heavy (non-hydrogen) atoms. The number of fused-ring (bicyclic) bond motifs is 1. The van der Waals surface area contributed by atoms with Crippen molar-refractivity contribution in [3.05, 3.63) is 71.8 Å². The molecule has 0 heterocycles. The Morgan fingerprint density at radius 1 is 1.00 bits per heavy atom. The highest BCUT2D eigenvalue weighted by molar-refractivity contribution is 6.01. The van der Waals surface area contributed by atoms with Gasteiger partial charge in [0.1, 0.15) is 11.3 Å². The Labute approximate surface area is 151 Å². The van der Waals surface area contributed by atoms with Crippen LogP contribution in [-0.4, -0.2) is 23.1 Å². The number of amides is 1. The minimum atomic E-state index is -1.00. The summed E-state index contributed by atoms with van der Waals surface area (Å²) >= 11 is 0. The van der Waals surface area contributed by atoms with Crippen LogP contribution in [0.1, 0.15) is 22.8 Å². The lowest BCUT2D eigenvalue weighted by atomic mass is 10.1. The lowest BCUT2D eigenvalue weighted by Crippen LogP contribution is -2.30. The number of phenolic OH excluding ortho intramolecular Hbond substituents is 1. The molecule has 0 saturated heterocycles. The van der Waals surface area contributed by atoms with Crippen molar-refractivity contribution in [2.24, 2.45) is 0 Å². The van der Waals surface area contributed by atoms with Crippen LogP contribution in [-0.2, 0) is 9.53 Å². The third kappa shape index (κ3) is 3.83. The van der Waals surface area contributed by atoms with Gasteiger partial charge in [0.05, 0.1) is 0 Å². The van der Waals surface area contributed by atoms with Crippen LogP contribution in [0.2, 0.25) is 0 Å². The maximum Gasteiger partial charge on any atom is 0.342 e. The molecule has 0 aliphatic carbocycles. The summed E-state index contributed by atoms with van der Waals surface area (Å²) in [4.78, 5) is 24.6. The number of phenols is 1. The van der Waals surface area contributed by atoms with Crippen LogP contribution in [0.15, 0.2) is 60.7 Å². The van der Waals surface area contributed by atoms with Crippen molar-refractivity contribution in [2.45, 2.75) is 20.0 Å². The maximum absolute atomic E-state index is 12.4. The number of esters is 1. The second kappa shape index (κ2) is 7.27. The number of ether oxygens (including phenoxy) is 1. The molecule has 3 rings (SSSR count). The topological polar surface area (TPSA) is 75.6 Å². The molecule has 0 fully saturated rings. The van der Waals surface area contributed by atoms with E-state index in [2.05, 4.69) is 5.32 Å². The molecule has 0 radical (unpaired) electrons. The quantitative estimate of drug-likeness (QED) is 0.697. The Balaban J connectivity index is 1.71. The zero-order chi connectivity index (χ0) is 18.7. The van der Waals surface area contributed by atoms with Gasteiger partial charge in [-0.2, -0.15) is 0 Å². The van der Waals surface area contributed by atoms with Crippen molar-refractivity contribution < 1.29 is 19.4 Å². The summed E-state index contributed by atoms with van der Waals surface area (Å²) in [6, 6.07) is 17.7. The van der Waals surface area contributed by atoms with Gasteiger partial charge < -0.3 is 15.2 Å². The molecular formula is C21H19NO4. The number of carbonyl (C=O) groups is 2. The highest BCUT2D eigenvalue weighted by Crippen LogP contribution is 2.26. The monoisotopic (exact) mass is 349 g/mol. The van der Waals surface area contributed by atoms with E-state index in [1.165, 1.54) is 13.0 Å². The third-order valence-corrected chi connectivity index (χ3v) is 4.06. The van der Waals surface area contributed by atoms with Gasteiger partial charge >= 0.3 is 5.97 Å². The van der Waals surface area contributed by atoms with Crippen LogP contribution in [0.25, 0.3) is 10.8 Å². The average Bonchev–Trinajstić information content (AvgIpc) is 2.62. The van der Waals surface area contributed by atoms with E-state index >= 15 is 0 Å². The standard InChI is InChI=1S/C21H19NO4/c1-13-7-9-17(10-8-13)22-20(24)14(2)26-21(25)18-11-15-5-3-4-6-16(15)12-19(18)23/h3-12,14,23H,1-2H3,(H,22,24)/t14-/m0/s1. The molecule has 0 spiro atoms. The smallest absolute Gasteiger partial charge is 0.342 e. The van der Waals surface area contributed by atoms with Gasteiger partial charge in [0, 0.05) is 5.69 Å². The first-order valence-electron chi connectivity index (χ1n) is 8.24. The predicted octanol–water partition coefficient (Wildman–Crippen LogP) is 4.04. The van der Waals surface area contributed by atoms with Gasteiger partial charge in [0.15, 0.2) is 6.10 Å². The van der Waals surface area contributed by atoms with E-state index in [9.17, 15) is 14.7 Å². The SMILES string of the molecule is Cc1ccc(NC(=O)[C@H](C)OC(=O)c2cc3ccccc3cc2O)cc1. The fraction of sp³-hybridized carbons (Fsp3) is 0.143. The number of benzene rings is 3. The molecule has 3 aromatic carbocycles. The van der Waals surface area contributed by atoms with E-state index in [0.29, 0.717) is 5.69 Å². The van der Waals surface area contributed by atoms with Gasteiger partial charge in [0.25, 0.3) is 5.91 Å². The van der Waals surface area contributed by atoms with E-state index in [1.807, 2.05) is 43.3 Å². The fourth-order valence-corrected chi connectivity index (χ4v) is 2.55. The summed E-state index contributed by atoms with van der Waals surface area (Å²) < 4.78 is 5.21. The highest BCUT2D eigenvalue weighted by Gasteiger charge is 2.21. The molecule has 5 heteroatoms. The maximum atomic E-state index is 12.4. The van der Waals surface area contributed by atoms with Crippen molar-refractivity contribution in [3.8, 4) is 5.75 Å². The molecule has 0 aliphatic heterocycles. The van der Waals surface area contributed by atoms with Crippen LogP contribution >= 0.6 is 0 Å². The third-order valence-electron chi connectivity index (χ3n) is 4.06. The largest absolute Gasteiger partial charge is 0.507 e. The van der Waals surface area contributed by atoms with E-state index in [4.69, 9.17) is 4.74 Å². The molecule has 0 bridgehead atoms. The summed E-state index contributed by atoms with van der Waals surface area (Å²) in [5, 5.41) is 14.4. The van der Waals surface area contributed by atoms with E-state index in [0.717, 1.165) is 16.3 Å². The number of carbonyl (C=O) groups excluding carboxylic acids is 2. The first kappa shape index (κ1) is 17.5. The second-order valence-electron chi connectivity index (χ2n) is 6.12. The molecule has 0 aromatic heterocycles. The van der Waals surface area contributed by atoms with Crippen molar-refractivity contribution in [2.75, 3.05) is 5.32 Å². The van der Waals surface area contributed by atoms with Crippen LogP contribution < -0.4 is 5.32 Å². The highest BCUT2D eigenvalue weighted by atomic mass is 16.5. The summed E-state index contributed by atoms with van der Waals surface area (Å²) in [6.07, 6.45) is -1.00. The van der Waals surface area contributed by atoms with Crippen molar-refractivity contribution in [1.29, 1.82) is 0 Å². The Hall–Kier alpha value is -3.34. The number of anilines is 1. The van der Waals surface area contributed by atoms with Gasteiger partial charge in [-0.25, -0.2) is 4.79 Å². The Bertz CT molecular complexity index is 963. The Morgan fingerprint density at radius 3 is 2.27 bits per heavy atom. The number of aryl methyl sites for hydroxylation is 1. The fourth-order valence-electron chi connectivity index (χ4n) is 2.55. The van der Waals surface area contributed by atoms with Crippen LogP contribution in [0, 0.1) is 6.92 Å². The van der Waals surface area contributed by atoms with Gasteiger partial charge in [-0.15, -0.1) is 0 Å². The molecular weight excluding hydrogens is 330 g/mol. The zero-order valence-corrected chi connectivity index (χ0v) is 14.5. The average molecular weight is 349 g/mol. The lowest BCUT2D eigenvalue weighted by Gasteiger charge is -2.14. The molecule has 1 amide bonds. The number of hydrogen-bond donors (Lipinski definition) is 2. The minimum absolute atomic E-state index is 0.0266. The van der Waals surface area contributed by atoms with Gasteiger partial charge in [-0.05, 0) is 48.9 Å². The van der Waals surface area contributed by atoms with Gasteiger partial charge in [0.2, 0.25) is 0 Å². The molecule has 0 saturated carbocycles. The number of nitrogens with one attached hydrogen (secondary N) is 1. The van der Waals surface area contributed by atoms with Crippen molar-refractivity contribution >= 4 is 28.3 Å². The first-order chi connectivity index (χ1) is 12.4. The molecule has 3 aromatic rings. The summed E-state index contributed by atoms with van der Waals surface area (Å²) in [6.45, 7) is 3.44. The summed E-state index contributed by atoms with van der Waals surface area (Å²) in [5.74, 6) is -1.37. The minimum Gasteiger partial charge on any atom is -0.507 e. The Kier molecular flexibility index (Phi) is 4.89. The number of rotatable bonds is 4. The van der Waals surface area contributed by atoms with Gasteiger partial charge in [-0.1, -0.05) is 42.0 Å². The van der Waals surface area contributed by atoms with Crippen molar-refractivity contribution in [3.63, 3.8) is 0 Å². The molecule has 1 atom stereocenters. The molecule has 0 unspecified atom stereocenters. The zero-order valence-electron chi connectivity index (χ0n) is 14.5. The van der Waals surface area contributed by atoms with Gasteiger partial charge in [-0.3, -0.25) is 4.79 Å². The van der Waals surface area contributed by atoms with Crippen LogP contribution in [0.3, 0.4) is 0 Å². The Morgan fingerprint density at radius 2 is 1.62 bits per heavy atom. The summed E-state index contributed by atoms with van der Waals surface area (Å²) in [7, 11) is 0. The molecule has 132 valence electrons.